The molecular formula is C15H20N4O. The molecule has 2 rings (SSSR count). The third-order valence-corrected chi connectivity index (χ3v) is 2.84. The van der Waals surface area contributed by atoms with Crippen molar-refractivity contribution in [2.24, 2.45) is 0 Å². The van der Waals surface area contributed by atoms with E-state index in [2.05, 4.69) is 29.1 Å². The molecule has 2 aromatic rings. The highest BCUT2D eigenvalue weighted by Gasteiger charge is 2.02. The number of benzene rings is 1. The summed E-state index contributed by atoms with van der Waals surface area (Å²) < 4.78 is 5.60. The van der Waals surface area contributed by atoms with E-state index >= 15 is 0 Å². The summed E-state index contributed by atoms with van der Waals surface area (Å²) >= 11 is 0. The van der Waals surface area contributed by atoms with Crippen molar-refractivity contribution >= 4 is 11.5 Å². The Balaban J connectivity index is 1.78. The van der Waals surface area contributed by atoms with Gasteiger partial charge in [-0.3, -0.25) is 0 Å². The van der Waals surface area contributed by atoms with E-state index < -0.39 is 0 Å². The van der Waals surface area contributed by atoms with Gasteiger partial charge in [-0.25, -0.2) is 9.97 Å². The number of rotatable bonds is 6. The van der Waals surface area contributed by atoms with Crippen molar-refractivity contribution < 1.29 is 4.74 Å². The molecule has 0 amide bonds. The van der Waals surface area contributed by atoms with Crippen LogP contribution in [0.3, 0.4) is 0 Å². The van der Waals surface area contributed by atoms with Gasteiger partial charge in [0.15, 0.2) is 0 Å². The second-order valence-corrected chi connectivity index (χ2v) is 4.83. The van der Waals surface area contributed by atoms with E-state index in [1.165, 1.54) is 0 Å². The van der Waals surface area contributed by atoms with Gasteiger partial charge in [0.05, 0.1) is 6.54 Å². The molecule has 0 unspecified atom stereocenters. The van der Waals surface area contributed by atoms with Crippen LogP contribution in [0.4, 0.5) is 11.5 Å². The van der Waals surface area contributed by atoms with E-state index in [9.17, 15) is 0 Å². The van der Waals surface area contributed by atoms with Crippen molar-refractivity contribution in [2.75, 3.05) is 24.2 Å². The van der Waals surface area contributed by atoms with Crippen molar-refractivity contribution in [1.29, 1.82) is 0 Å². The number of hydrogen-bond acceptors (Lipinski definition) is 5. The highest BCUT2D eigenvalue weighted by atomic mass is 16.5. The van der Waals surface area contributed by atoms with Gasteiger partial charge in [0, 0.05) is 17.4 Å². The zero-order chi connectivity index (χ0) is 14.4. The van der Waals surface area contributed by atoms with Crippen LogP contribution in [0.15, 0.2) is 36.7 Å². The molecule has 1 aromatic carbocycles. The monoisotopic (exact) mass is 272 g/mol. The van der Waals surface area contributed by atoms with Crippen LogP contribution in [0.5, 0.6) is 5.75 Å². The summed E-state index contributed by atoms with van der Waals surface area (Å²) in [5.74, 6) is 2.03. The maximum atomic E-state index is 5.61. The highest BCUT2D eigenvalue weighted by Crippen LogP contribution is 2.14. The first kappa shape index (κ1) is 14.1. The zero-order valence-electron chi connectivity index (χ0n) is 11.8. The lowest BCUT2D eigenvalue weighted by Crippen LogP contribution is -2.12. The number of ether oxygens (including phenoxy) is 1. The van der Waals surface area contributed by atoms with Crippen LogP contribution in [-0.4, -0.2) is 23.1 Å². The number of nitrogen functional groups attached to an aromatic ring is 1. The minimum absolute atomic E-state index is 0.393. The van der Waals surface area contributed by atoms with Crippen molar-refractivity contribution in [3.63, 3.8) is 0 Å². The molecular weight excluding hydrogens is 252 g/mol. The molecule has 0 bridgehead atoms. The van der Waals surface area contributed by atoms with Crippen LogP contribution >= 0.6 is 0 Å². The molecule has 1 aromatic heterocycles. The Kier molecular flexibility index (Phi) is 4.76. The quantitative estimate of drug-likeness (QED) is 0.624. The molecule has 5 heteroatoms. The molecule has 106 valence electrons. The first-order chi connectivity index (χ1) is 9.65. The maximum absolute atomic E-state index is 5.61. The molecule has 3 N–H and O–H groups in total. The van der Waals surface area contributed by atoms with Crippen LogP contribution < -0.4 is 15.8 Å². The third-order valence-electron chi connectivity index (χ3n) is 2.84. The lowest BCUT2D eigenvalue weighted by atomic mass is 10.1. The van der Waals surface area contributed by atoms with E-state index in [-0.39, 0.29) is 0 Å². The summed E-state index contributed by atoms with van der Waals surface area (Å²) in [6, 6.07) is 9.33. The molecule has 0 saturated heterocycles. The highest BCUT2D eigenvalue weighted by molar-refractivity contribution is 5.41. The first-order valence-electron chi connectivity index (χ1n) is 6.69. The van der Waals surface area contributed by atoms with E-state index in [4.69, 9.17) is 10.5 Å². The number of hydrogen-bond donors (Lipinski definition) is 2. The second kappa shape index (κ2) is 6.75. The summed E-state index contributed by atoms with van der Waals surface area (Å²) in [4.78, 5) is 8.41. The van der Waals surface area contributed by atoms with Crippen LogP contribution in [0.1, 0.15) is 25.5 Å². The summed E-state index contributed by atoms with van der Waals surface area (Å²) in [6.07, 6.45) is 1.58. The van der Waals surface area contributed by atoms with Gasteiger partial charge in [0.2, 0.25) is 0 Å². The fourth-order valence-corrected chi connectivity index (χ4v) is 1.70. The predicted molar refractivity (Wildman–Crippen MR) is 81.0 cm³/mol. The van der Waals surface area contributed by atoms with Gasteiger partial charge in [-0.05, 0) is 30.2 Å². The molecule has 0 atom stereocenters. The number of nitrogens with two attached hydrogens (primary N) is 1. The van der Waals surface area contributed by atoms with E-state index in [1.54, 1.807) is 6.33 Å². The Hall–Kier alpha value is -2.30. The predicted octanol–water partition coefficient (Wildman–Crippen LogP) is 2.67. The van der Waals surface area contributed by atoms with E-state index in [1.807, 2.05) is 30.3 Å². The molecule has 0 fully saturated rings. The van der Waals surface area contributed by atoms with Crippen LogP contribution in [0.2, 0.25) is 0 Å². The molecule has 0 saturated carbocycles. The van der Waals surface area contributed by atoms with E-state index in [0.717, 1.165) is 22.9 Å². The van der Waals surface area contributed by atoms with Crippen molar-refractivity contribution in [1.82, 2.24) is 9.97 Å². The lowest BCUT2D eigenvalue weighted by Gasteiger charge is -2.10. The van der Waals surface area contributed by atoms with Gasteiger partial charge in [0.25, 0.3) is 0 Å². The van der Waals surface area contributed by atoms with Crippen LogP contribution in [0.25, 0.3) is 0 Å². The number of aromatic nitrogens is 2. The van der Waals surface area contributed by atoms with Gasteiger partial charge < -0.3 is 15.8 Å². The topological polar surface area (TPSA) is 73.1 Å². The fourth-order valence-electron chi connectivity index (χ4n) is 1.70. The van der Waals surface area contributed by atoms with Gasteiger partial charge in [0.1, 0.15) is 24.5 Å². The van der Waals surface area contributed by atoms with Crippen molar-refractivity contribution in [3.8, 4) is 5.75 Å². The van der Waals surface area contributed by atoms with Gasteiger partial charge in [-0.2, -0.15) is 0 Å². The summed E-state index contributed by atoms with van der Waals surface area (Å²) in [7, 11) is 0. The van der Waals surface area contributed by atoms with Gasteiger partial charge >= 0.3 is 0 Å². The average Bonchev–Trinajstić information content (AvgIpc) is 2.46. The second-order valence-electron chi connectivity index (χ2n) is 4.83. The molecule has 0 radical (unpaired) electrons. The minimum Gasteiger partial charge on any atom is -0.492 e. The van der Waals surface area contributed by atoms with Gasteiger partial charge in [-0.15, -0.1) is 0 Å². The summed E-state index contributed by atoms with van der Waals surface area (Å²) in [5, 5.41) is 3.22. The van der Waals surface area contributed by atoms with Gasteiger partial charge in [-0.1, -0.05) is 13.8 Å². The Bertz CT molecular complexity index is 540. The van der Waals surface area contributed by atoms with Crippen molar-refractivity contribution in [3.05, 3.63) is 42.4 Å². The third kappa shape index (κ3) is 4.12. The first-order valence-corrected chi connectivity index (χ1v) is 6.69. The molecule has 1 heterocycles. The van der Waals surface area contributed by atoms with Crippen LogP contribution in [0, 0.1) is 0 Å². The largest absolute Gasteiger partial charge is 0.492 e. The summed E-state index contributed by atoms with van der Waals surface area (Å²) in [5.41, 5.74) is 7.38. The average molecular weight is 272 g/mol. The Morgan fingerprint density at radius 1 is 1.20 bits per heavy atom. The smallest absolute Gasteiger partial charge is 0.129 e. The minimum atomic E-state index is 0.393. The Morgan fingerprint density at radius 2 is 1.95 bits per heavy atom. The molecule has 5 nitrogen and oxygen atoms in total. The Labute approximate surface area is 119 Å². The molecule has 0 spiro atoms. The molecule has 0 aliphatic carbocycles. The zero-order valence-corrected chi connectivity index (χ0v) is 11.8. The van der Waals surface area contributed by atoms with E-state index in [0.29, 0.717) is 19.1 Å². The van der Waals surface area contributed by atoms with Crippen molar-refractivity contribution in [2.45, 2.75) is 19.8 Å². The normalized spacial score (nSPS) is 10.6. The Morgan fingerprint density at radius 3 is 2.65 bits per heavy atom. The molecule has 0 aliphatic heterocycles. The lowest BCUT2D eigenvalue weighted by molar-refractivity contribution is 0.333. The SMILES string of the molecule is CC(C)c1cc(NCCOc2ccc(N)cc2)ncn1. The number of nitrogens with one attached hydrogen (secondary N) is 1. The molecule has 20 heavy (non-hydrogen) atoms. The van der Waals surface area contributed by atoms with Crippen LogP contribution in [-0.2, 0) is 0 Å². The number of nitrogens with zero attached hydrogens (tertiary/aromatic N) is 2. The fraction of sp³-hybridized carbons (Fsp3) is 0.333. The maximum Gasteiger partial charge on any atom is 0.129 e. The number of anilines is 2. The summed E-state index contributed by atoms with van der Waals surface area (Å²) in [6.45, 7) is 5.45. The standard InChI is InChI=1S/C15H20N4O/c1-11(2)14-9-15(19-10-18-14)17-7-8-20-13-5-3-12(16)4-6-13/h3-6,9-11H,7-8,16H2,1-2H3,(H,17,18,19). The molecule has 0 aliphatic rings.